The maximum Gasteiger partial charge on any atom is 0.229 e. The van der Waals surface area contributed by atoms with Gasteiger partial charge in [-0.1, -0.05) is 6.92 Å². The molecule has 2 aliphatic heterocycles. The van der Waals surface area contributed by atoms with Crippen molar-refractivity contribution in [3.8, 4) is 0 Å². The topological polar surface area (TPSA) is 21.7 Å². The van der Waals surface area contributed by atoms with Crippen molar-refractivity contribution in [2.45, 2.75) is 19.3 Å². The van der Waals surface area contributed by atoms with E-state index in [9.17, 15) is 0 Å². The minimum atomic E-state index is -0.319. The highest BCUT2D eigenvalue weighted by atomic mass is 16.7. The molecule has 10 heavy (non-hydrogen) atoms. The molecule has 0 aromatic heterocycles. The van der Waals surface area contributed by atoms with Gasteiger partial charge in [0, 0.05) is 19.5 Å². The first kappa shape index (κ1) is 6.58. The molecule has 0 N–H and O–H groups in total. The minimum absolute atomic E-state index is 0.319. The van der Waals surface area contributed by atoms with Crippen LogP contribution in [0.4, 0.5) is 0 Å². The van der Waals surface area contributed by atoms with Crippen molar-refractivity contribution < 1.29 is 9.47 Å². The molecule has 3 heteroatoms. The van der Waals surface area contributed by atoms with Gasteiger partial charge in [0.1, 0.15) is 0 Å². The smallest absolute Gasteiger partial charge is 0.229 e. The van der Waals surface area contributed by atoms with Crippen LogP contribution in [0, 0.1) is 0 Å². The van der Waals surface area contributed by atoms with Crippen LogP contribution in [0.25, 0.3) is 0 Å². The summed E-state index contributed by atoms with van der Waals surface area (Å²) >= 11 is 0. The molecule has 0 bridgehead atoms. The molecule has 0 aromatic carbocycles. The van der Waals surface area contributed by atoms with Crippen LogP contribution in [0.2, 0.25) is 0 Å². The van der Waals surface area contributed by atoms with E-state index in [2.05, 4.69) is 11.8 Å². The number of hydrogen-bond acceptors (Lipinski definition) is 3. The SMILES string of the molecule is CCC12OCCN1CCO2. The molecule has 2 heterocycles. The Hall–Kier alpha value is -0.120. The van der Waals surface area contributed by atoms with Crippen LogP contribution in [0.1, 0.15) is 13.3 Å². The van der Waals surface area contributed by atoms with Gasteiger partial charge in [-0.3, -0.25) is 0 Å². The fourth-order valence-corrected chi connectivity index (χ4v) is 1.74. The third-order valence-corrected chi connectivity index (χ3v) is 2.31. The molecule has 0 radical (unpaired) electrons. The first-order valence-corrected chi connectivity index (χ1v) is 3.90. The van der Waals surface area contributed by atoms with Crippen molar-refractivity contribution in [3.63, 3.8) is 0 Å². The Balaban J connectivity index is 2.15. The molecule has 0 atom stereocenters. The van der Waals surface area contributed by atoms with E-state index in [1.165, 1.54) is 0 Å². The Bertz CT molecular complexity index is 128. The van der Waals surface area contributed by atoms with Crippen molar-refractivity contribution in [3.05, 3.63) is 0 Å². The van der Waals surface area contributed by atoms with Gasteiger partial charge >= 0.3 is 0 Å². The predicted octanol–water partition coefficient (Wildman–Crippen LogP) is 0.413. The first-order valence-electron chi connectivity index (χ1n) is 3.90. The average Bonchev–Trinajstić information content (AvgIpc) is 2.42. The van der Waals surface area contributed by atoms with E-state index in [1.807, 2.05) is 0 Å². The van der Waals surface area contributed by atoms with Crippen LogP contribution >= 0.6 is 0 Å². The van der Waals surface area contributed by atoms with Gasteiger partial charge in [0.05, 0.1) is 13.2 Å². The summed E-state index contributed by atoms with van der Waals surface area (Å²) < 4.78 is 11.0. The quantitative estimate of drug-likeness (QED) is 0.530. The van der Waals surface area contributed by atoms with E-state index in [1.54, 1.807) is 0 Å². The van der Waals surface area contributed by atoms with Crippen molar-refractivity contribution in [2.75, 3.05) is 26.3 Å². The minimum Gasteiger partial charge on any atom is -0.336 e. The number of rotatable bonds is 1. The monoisotopic (exact) mass is 143 g/mol. The molecule has 0 spiro atoms. The largest absolute Gasteiger partial charge is 0.336 e. The maximum absolute atomic E-state index is 5.52. The fraction of sp³-hybridized carbons (Fsp3) is 1.00. The Kier molecular flexibility index (Phi) is 1.44. The van der Waals surface area contributed by atoms with E-state index in [0.29, 0.717) is 0 Å². The highest BCUT2D eigenvalue weighted by Gasteiger charge is 2.45. The van der Waals surface area contributed by atoms with Crippen molar-refractivity contribution in [2.24, 2.45) is 0 Å². The Labute approximate surface area is 60.9 Å². The van der Waals surface area contributed by atoms with E-state index >= 15 is 0 Å². The molecule has 2 fully saturated rings. The standard InChI is InChI=1S/C7H13NO2/c1-2-7-8(3-5-9-7)4-6-10-7/h2-6H2,1H3. The van der Waals surface area contributed by atoms with Crippen molar-refractivity contribution in [1.29, 1.82) is 0 Å². The summed E-state index contributed by atoms with van der Waals surface area (Å²) in [5.41, 5.74) is 0. The lowest BCUT2D eigenvalue weighted by Crippen LogP contribution is -2.39. The second kappa shape index (κ2) is 2.19. The normalized spacial score (nSPS) is 30.9. The Morgan fingerprint density at radius 3 is 2.30 bits per heavy atom. The number of nitrogens with zero attached hydrogens (tertiary/aromatic N) is 1. The maximum atomic E-state index is 5.52. The van der Waals surface area contributed by atoms with Crippen LogP contribution in [0.15, 0.2) is 0 Å². The van der Waals surface area contributed by atoms with Crippen molar-refractivity contribution in [1.82, 2.24) is 4.90 Å². The summed E-state index contributed by atoms with van der Waals surface area (Å²) in [6.07, 6.45) is 0.938. The summed E-state index contributed by atoms with van der Waals surface area (Å²) in [6, 6.07) is 0. The third kappa shape index (κ3) is 0.713. The molecular weight excluding hydrogens is 130 g/mol. The molecule has 0 amide bonds. The molecule has 0 aliphatic carbocycles. The molecule has 2 saturated heterocycles. The van der Waals surface area contributed by atoms with Gasteiger partial charge in [-0.15, -0.1) is 0 Å². The van der Waals surface area contributed by atoms with Gasteiger partial charge in [-0.25, -0.2) is 4.90 Å². The molecule has 0 unspecified atom stereocenters. The third-order valence-electron chi connectivity index (χ3n) is 2.31. The fourth-order valence-electron chi connectivity index (χ4n) is 1.74. The zero-order valence-corrected chi connectivity index (χ0v) is 6.30. The molecule has 3 nitrogen and oxygen atoms in total. The van der Waals surface area contributed by atoms with Gasteiger partial charge in [-0.2, -0.15) is 0 Å². The Morgan fingerprint density at radius 1 is 1.30 bits per heavy atom. The van der Waals surface area contributed by atoms with Crippen LogP contribution in [0.3, 0.4) is 0 Å². The molecular formula is C7H13NO2. The number of hydrogen-bond donors (Lipinski definition) is 0. The summed E-state index contributed by atoms with van der Waals surface area (Å²) in [5.74, 6) is -0.319. The second-order valence-corrected chi connectivity index (χ2v) is 2.75. The highest BCUT2D eigenvalue weighted by Crippen LogP contribution is 2.31. The average molecular weight is 143 g/mol. The first-order chi connectivity index (χ1) is 4.87. The van der Waals surface area contributed by atoms with Crippen LogP contribution in [-0.2, 0) is 9.47 Å². The van der Waals surface area contributed by atoms with E-state index in [0.717, 1.165) is 32.7 Å². The van der Waals surface area contributed by atoms with Gasteiger partial charge in [0.2, 0.25) is 5.91 Å². The molecule has 0 aromatic rings. The van der Waals surface area contributed by atoms with Gasteiger partial charge in [-0.05, 0) is 0 Å². The molecule has 2 rings (SSSR count). The van der Waals surface area contributed by atoms with Crippen LogP contribution in [0.5, 0.6) is 0 Å². The lowest BCUT2D eigenvalue weighted by Gasteiger charge is -2.26. The van der Waals surface area contributed by atoms with E-state index in [4.69, 9.17) is 9.47 Å². The van der Waals surface area contributed by atoms with Gasteiger partial charge < -0.3 is 9.47 Å². The second-order valence-electron chi connectivity index (χ2n) is 2.75. The van der Waals surface area contributed by atoms with Gasteiger partial charge in [0.15, 0.2) is 0 Å². The van der Waals surface area contributed by atoms with Crippen LogP contribution in [-0.4, -0.2) is 37.1 Å². The molecule has 2 aliphatic rings. The predicted molar refractivity (Wildman–Crippen MR) is 36.5 cm³/mol. The van der Waals surface area contributed by atoms with E-state index in [-0.39, 0.29) is 5.91 Å². The van der Waals surface area contributed by atoms with Crippen LogP contribution < -0.4 is 0 Å². The zero-order chi connectivity index (χ0) is 7.03. The summed E-state index contributed by atoms with van der Waals surface area (Å²) in [4.78, 5) is 2.27. The van der Waals surface area contributed by atoms with Gasteiger partial charge in [0.25, 0.3) is 0 Å². The summed E-state index contributed by atoms with van der Waals surface area (Å²) in [5, 5.41) is 0. The zero-order valence-electron chi connectivity index (χ0n) is 6.30. The number of fused-ring (bicyclic) bond motifs is 1. The lowest BCUT2D eigenvalue weighted by molar-refractivity contribution is -0.232. The lowest BCUT2D eigenvalue weighted by atomic mass is 10.3. The van der Waals surface area contributed by atoms with E-state index < -0.39 is 0 Å². The Morgan fingerprint density at radius 2 is 1.90 bits per heavy atom. The molecule has 58 valence electrons. The molecule has 0 saturated carbocycles. The summed E-state index contributed by atoms with van der Waals surface area (Å²) in [6.45, 7) is 5.83. The highest BCUT2D eigenvalue weighted by molar-refractivity contribution is 4.81. The van der Waals surface area contributed by atoms with Crippen molar-refractivity contribution >= 4 is 0 Å². The number of ether oxygens (including phenoxy) is 2. The summed E-state index contributed by atoms with van der Waals surface area (Å²) in [7, 11) is 0.